The maximum absolute atomic E-state index is 11.0. The zero-order valence-electron chi connectivity index (χ0n) is 8.37. The fourth-order valence-corrected chi connectivity index (χ4v) is 0.662. The summed E-state index contributed by atoms with van der Waals surface area (Å²) in [5, 5.41) is 13.5. The van der Waals surface area contributed by atoms with Crippen LogP contribution in [0.3, 0.4) is 0 Å². The number of aliphatic carboxylic acids is 1. The number of rotatable bonds is 6. The molecular formula is C8H16N2O4. The Bertz CT molecular complexity index is 196. The van der Waals surface area contributed by atoms with E-state index in [2.05, 4.69) is 10.6 Å². The summed E-state index contributed by atoms with van der Waals surface area (Å²) in [7, 11) is 1.53. The monoisotopic (exact) mass is 204 g/mol. The third-order valence-corrected chi connectivity index (χ3v) is 1.58. The Labute approximate surface area is 82.6 Å². The molecule has 0 saturated heterocycles. The molecule has 0 rings (SSSR count). The summed E-state index contributed by atoms with van der Waals surface area (Å²) in [5.74, 6) is -1.51. The van der Waals surface area contributed by atoms with Crippen LogP contribution in [0.4, 0.5) is 4.79 Å². The van der Waals surface area contributed by atoms with E-state index in [0.29, 0.717) is 13.2 Å². The Hall–Kier alpha value is -1.30. The number of amides is 2. The standard InChI is InChI=1S/C8H16N2O4/c1-6(7(11)12)5-10-8(13)9-3-4-14-2/h6H,3-5H2,1-2H3,(H,11,12)(H2,9,10,13). The molecule has 0 spiro atoms. The molecule has 0 aliphatic heterocycles. The maximum atomic E-state index is 11.0. The van der Waals surface area contributed by atoms with E-state index in [1.165, 1.54) is 14.0 Å². The van der Waals surface area contributed by atoms with Crippen molar-refractivity contribution >= 4 is 12.0 Å². The highest BCUT2D eigenvalue weighted by atomic mass is 16.5. The molecule has 0 aliphatic carbocycles. The van der Waals surface area contributed by atoms with Gasteiger partial charge in [-0.15, -0.1) is 0 Å². The molecule has 6 nitrogen and oxygen atoms in total. The fraction of sp³-hybridized carbons (Fsp3) is 0.750. The van der Waals surface area contributed by atoms with Crippen LogP contribution in [0.2, 0.25) is 0 Å². The normalized spacial score (nSPS) is 11.9. The van der Waals surface area contributed by atoms with Gasteiger partial charge in [0, 0.05) is 20.2 Å². The average molecular weight is 204 g/mol. The van der Waals surface area contributed by atoms with Gasteiger partial charge in [0.2, 0.25) is 0 Å². The Morgan fingerprint density at radius 1 is 1.43 bits per heavy atom. The van der Waals surface area contributed by atoms with Crippen LogP contribution in [0.1, 0.15) is 6.92 Å². The van der Waals surface area contributed by atoms with Gasteiger partial charge in [-0.2, -0.15) is 0 Å². The van der Waals surface area contributed by atoms with Gasteiger partial charge in [-0.05, 0) is 0 Å². The van der Waals surface area contributed by atoms with Gasteiger partial charge in [0.05, 0.1) is 12.5 Å². The van der Waals surface area contributed by atoms with E-state index in [1.54, 1.807) is 0 Å². The van der Waals surface area contributed by atoms with Crippen molar-refractivity contribution in [1.29, 1.82) is 0 Å². The number of methoxy groups -OCH3 is 1. The molecular weight excluding hydrogens is 188 g/mol. The molecule has 3 N–H and O–H groups in total. The van der Waals surface area contributed by atoms with E-state index >= 15 is 0 Å². The first-order valence-corrected chi connectivity index (χ1v) is 4.31. The maximum Gasteiger partial charge on any atom is 0.314 e. The van der Waals surface area contributed by atoms with Crippen molar-refractivity contribution in [2.75, 3.05) is 26.8 Å². The third-order valence-electron chi connectivity index (χ3n) is 1.58. The Kier molecular flexibility index (Phi) is 6.47. The summed E-state index contributed by atoms with van der Waals surface area (Å²) in [6.45, 7) is 2.48. The molecule has 0 aromatic heterocycles. The predicted molar refractivity (Wildman–Crippen MR) is 50.1 cm³/mol. The molecule has 0 heterocycles. The zero-order valence-corrected chi connectivity index (χ0v) is 8.37. The van der Waals surface area contributed by atoms with Crippen LogP contribution in [-0.4, -0.2) is 43.9 Å². The molecule has 1 atom stereocenters. The Balaban J connectivity index is 3.48. The molecule has 0 saturated carbocycles. The summed E-state index contributed by atoms with van der Waals surface area (Å²) in [5.41, 5.74) is 0. The van der Waals surface area contributed by atoms with E-state index in [-0.39, 0.29) is 12.6 Å². The van der Waals surface area contributed by atoms with E-state index < -0.39 is 11.9 Å². The number of carboxylic acid groups (broad SMARTS) is 1. The lowest BCUT2D eigenvalue weighted by Gasteiger charge is -2.09. The molecule has 0 aliphatic rings. The van der Waals surface area contributed by atoms with Gasteiger partial charge in [0.15, 0.2) is 0 Å². The highest BCUT2D eigenvalue weighted by Gasteiger charge is 2.11. The van der Waals surface area contributed by atoms with Crippen molar-refractivity contribution < 1.29 is 19.4 Å². The van der Waals surface area contributed by atoms with E-state index in [9.17, 15) is 9.59 Å². The highest BCUT2D eigenvalue weighted by Crippen LogP contribution is 1.90. The quantitative estimate of drug-likeness (QED) is 0.516. The van der Waals surface area contributed by atoms with Crippen LogP contribution in [0.25, 0.3) is 0 Å². The summed E-state index contributed by atoms with van der Waals surface area (Å²) in [6.07, 6.45) is 0. The van der Waals surface area contributed by atoms with E-state index in [1.807, 2.05) is 0 Å². The topological polar surface area (TPSA) is 87.7 Å². The second-order valence-corrected chi connectivity index (χ2v) is 2.87. The van der Waals surface area contributed by atoms with Gasteiger partial charge < -0.3 is 20.5 Å². The number of carboxylic acids is 1. The lowest BCUT2D eigenvalue weighted by atomic mass is 10.2. The predicted octanol–water partition coefficient (Wildman–Crippen LogP) is -0.347. The van der Waals surface area contributed by atoms with Gasteiger partial charge in [0.25, 0.3) is 0 Å². The minimum absolute atomic E-state index is 0.119. The van der Waals surface area contributed by atoms with Gasteiger partial charge in [-0.3, -0.25) is 4.79 Å². The summed E-state index contributed by atoms with van der Waals surface area (Å²) < 4.78 is 4.72. The number of hydrogen-bond donors (Lipinski definition) is 3. The number of nitrogens with one attached hydrogen (secondary N) is 2. The van der Waals surface area contributed by atoms with Crippen LogP contribution in [-0.2, 0) is 9.53 Å². The number of ether oxygens (including phenoxy) is 1. The molecule has 1 unspecified atom stereocenters. The van der Waals surface area contributed by atoms with Crippen molar-refractivity contribution in [1.82, 2.24) is 10.6 Å². The van der Waals surface area contributed by atoms with Gasteiger partial charge >= 0.3 is 12.0 Å². The molecule has 0 aromatic rings. The van der Waals surface area contributed by atoms with Crippen molar-refractivity contribution in [3.05, 3.63) is 0 Å². The van der Waals surface area contributed by atoms with E-state index in [4.69, 9.17) is 9.84 Å². The first kappa shape index (κ1) is 12.7. The number of hydrogen-bond acceptors (Lipinski definition) is 3. The zero-order chi connectivity index (χ0) is 11.0. The first-order chi connectivity index (χ1) is 6.57. The molecule has 0 radical (unpaired) electrons. The summed E-state index contributed by atoms with van der Waals surface area (Å²) in [6, 6.07) is -0.379. The van der Waals surface area contributed by atoms with Crippen molar-refractivity contribution in [3.63, 3.8) is 0 Å². The fourth-order valence-electron chi connectivity index (χ4n) is 0.662. The molecule has 0 aromatic carbocycles. The molecule has 6 heteroatoms. The lowest BCUT2D eigenvalue weighted by Crippen LogP contribution is -2.40. The molecule has 14 heavy (non-hydrogen) atoms. The van der Waals surface area contributed by atoms with Crippen LogP contribution in [0.15, 0.2) is 0 Å². The summed E-state index contributed by atoms with van der Waals surface area (Å²) in [4.78, 5) is 21.4. The largest absolute Gasteiger partial charge is 0.481 e. The average Bonchev–Trinajstić information content (AvgIpc) is 2.14. The highest BCUT2D eigenvalue weighted by molar-refractivity contribution is 5.75. The number of urea groups is 1. The van der Waals surface area contributed by atoms with Gasteiger partial charge in [-0.1, -0.05) is 6.92 Å². The molecule has 2 amide bonds. The lowest BCUT2D eigenvalue weighted by molar-refractivity contribution is -0.140. The summed E-state index contributed by atoms with van der Waals surface area (Å²) >= 11 is 0. The minimum Gasteiger partial charge on any atom is -0.481 e. The second-order valence-electron chi connectivity index (χ2n) is 2.87. The van der Waals surface area contributed by atoms with Crippen LogP contribution >= 0.6 is 0 Å². The van der Waals surface area contributed by atoms with Crippen molar-refractivity contribution in [2.45, 2.75) is 6.92 Å². The van der Waals surface area contributed by atoms with E-state index in [0.717, 1.165) is 0 Å². The molecule has 0 bridgehead atoms. The number of carbonyl (C=O) groups excluding carboxylic acids is 1. The second kappa shape index (κ2) is 7.14. The Morgan fingerprint density at radius 2 is 2.07 bits per heavy atom. The SMILES string of the molecule is COCCNC(=O)NCC(C)C(=O)O. The van der Waals surface area contributed by atoms with Gasteiger partial charge in [-0.25, -0.2) is 4.79 Å². The van der Waals surface area contributed by atoms with Crippen LogP contribution in [0, 0.1) is 5.92 Å². The Morgan fingerprint density at radius 3 is 2.57 bits per heavy atom. The van der Waals surface area contributed by atoms with Crippen molar-refractivity contribution in [2.24, 2.45) is 5.92 Å². The first-order valence-electron chi connectivity index (χ1n) is 4.31. The molecule has 82 valence electrons. The molecule has 0 fully saturated rings. The van der Waals surface area contributed by atoms with Crippen molar-refractivity contribution in [3.8, 4) is 0 Å². The van der Waals surface area contributed by atoms with Crippen LogP contribution < -0.4 is 10.6 Å². The number of carbonyl (C=O) groups is 2. The third kappa shape index (κ3) is 6.24. The van der Waals surface area contributed by atoms with Gasteiger partial charge in [0.1, 0.15) is 0 Å². The van der Waals surface area contributed by atoms with Crippen LogP contribution in [0.5, 0.6) is 0 Å². The smallest absolute Gasteiger partial charge is 0.314 e. The minimum atomic E-state index is -0.929.